The molecule has 0 bridgehead atoms. The molecule has 0 N–H and O–H groups in total. The molecule has 8 nitrogen and oxygen atoms in total. The summed E-state index contributed by atoms with van der Waals surface area (Å²) in [6.07, 6.45) is 1.77. The maximum absolute atomic E-state index is 7.25. The maximum atomic E-state index is 7.25. The number of rotatable bonds is 14. The van der Waals surface area contributed by atoms with Crippen molar-refractivity contribution in [3.63, 3.8) is 0 Å². The fourth-order valence-corrected chi connectivity index (χ4v) is 7.75. The second kappa shape index (κ2) is 18.9. The van der Waals surface area contributed by atoms with Crippen LogP contribution in [0, 0.1) is 11.8 Å². The van der Waals surface area contributed by atoms with Crippen LogP contribution in [-0.4, -0.2) is 52.3 Å². The van der Waals surface area contributed by atoms with E-state index in [9.17, 15) is 0 Å². The predicted octanol–water partition coefficient (Wildman–Crippen LogP) is 10.7. The van der Waals surface area contributed by atoms with Gasteiger partial charge in [0, 0.05) is 22.3 Å². The number of halogens is 2. The molecule has 2 heterocycles. The zero-order chi connectivity index (χ0) is 38.9. The third-order valence-electron chi connectivity index (χ3n) is 9.82. The van der Waals surface area contributed by atoms with Crippen molar-refractivity contribution in [2.24, 2.45) is 21.8 Å². The van der Waals surface area contributed by atoms with Gasteiger partial charge in [0.15, 0.2) is 23.0 Å². The van der Waals surface area contributed by atoms with Gasteiger partial charge in [-0.05, 0) is 48.9 Å². The van der Waals surface area contributed by atoms with Crippen molar-refractivity contribution in [3.05, 3.63) is 119 Å². The molecule has 2 aliphatic rings. The molecule has 54 heavy (non-hydrogen) atoms. The molecule has 0 radical (unpaired) electrons. The molecule has 0 aliphatic carbocycles. The van der Waals surface area contributed by atoms with Crippen LogP contribution in [0.2, 0.25) is 0 Å². The Balaban J connectivity index is 0.00000181. The molecule has 0 unspecified atom stereocenters. The van der Waals surface area contributed by atoms with Crippen molar-refractivity contribution >= 4 is 40.2 Å². The van der Waals surface area contributed by atoms with Crippen LogP contribution in [0.5, 0.6) is 23.0 Å². The Bertz CT molecular complexity index is 1690. The van der Waals surface area contributed by atoms with Gasteiger partial charge in [-0.15, -0.1) is 0 Å². The number of para-hydroxylation sites is 4. The molecule has 6 rings (SSSR count). The molecule has 4 aromatic rings. The van der Waals surface area contributed by atoms with Crippen molar-refractivity contribution in [2.75, 3.05) is 28.4 Å². The van der Waals surface area contributed by atoms with Crippen LogP contribution < -0.4 is 18.9 Å². The number of hydrogen-bond acceptors (Lipinski definition) is 8. The minimum absolute atomic E-state index is 0.251. The normalized spacial score (nSPS) is 18.2. The van der Waals surface area contributed by atoms with Crippen molar-refractivity contribution in [2.45, 2.75) is 70.2 Å². The van der Waals surface area contributed by atoms with Gasteiger partial charge in [-0.25, -0.2) is 9.98 Å². The Morgan fingerprint density at radius 3 is 1.04 bits per heavy atom. The predicted molar refractivity (Wildman–Crippen MR) is 220 cm³/mol. The summed E-state index contributed by atoms with van der Waals surface area (Å²) < 4.78 is 38.4. The van der Waals surface area contributed by atoms with Crippen LogP contribution in [0.25, 0.3) is 0 Å². The third-order valence-corrected chi connectivity index (χ3v) is 9.82. The fourth-order valence-electron chi connectivity index (χ4n) is 7.75. The number of benzene rings is 4. The number of methoxy groups -OCH3 is 4. The molecule has 11 heteroatoms. The van der Waals surface area contributed by atoms with Gasteiger partial charge in [0.2, 0.25) is 0 Å². The van der Waals surface area contributed by atoms with Gasteiger partial charge in [0.25, 0.3) is 0 Å². The van der Waals surface area contributed by atoms with Crippen molar-refractivity contribution in [1.29, 1.82) is 0 Å². The van der Waals surface area contributed by atoms with Crippen LogP contribution in [0.15, 0.2) is 107 Å². The zero-order valence-electron chi connectivity index (χ0n) is 32.1. The number of aliphatic imine (C=N–C) groups is 2. The van der Waals surface area contributed by atoms with Gasteiger partial charge in [-0.1, -0.05) is 100 Å². The van der Waals surface area contributed by atoms with Crippen LogP contribution >= 0.6 is 28.5 Å². The average molecular weight is 909 g/mol. The van der Waals surface area contributed by atoms with Crippen molar-refractivity contribution in [3.8, 4) is 23.0 Å². The monoisotopic (exact) mass is 906 g/mol. The van der Waals surface area contributed by atoms with Crippen LogP contribution in [0.4, 0.5) is 0 Å². The Labute approximate surface area is 340 Å². The van der Waals surface area contributed by atoms with E-state index < -0.39 is 11.2 Å². The molecular weight excluding hydrogens is 859 g/mol. The summed E-state index contributed by atoms with van der Waals surface area (Å²) in [5.74, 6) is 4.58. The fraction of sp³-hybridized carbons (Fsp3) is 0.395. The van der Waals surface area contributed by atoms with Gasteiger partial charge in [-0.2, -0.15) is 0 Å². The van der Waals surface area contributed by atoms with Crippen molar-refractivity contribution in [1.82, 2.24) is 0 Å². The van der Waals surface area contributed by atoms with Crippen LogP contribution in [0.3, 0.4) is 0 Å². The van der Waals surface area contributed by atoms with Gasteiger partial charge in [0.1, 0.15) is 35.1 Å². The molecule has 292 valence electrons. The van der Waals surface area contributed by atoms with E-state index in [1.165, 1.54) is 10.9 Å². The molecule has 0 fully saturated rings. The molecule has 2 aliphatic heterocycles. The van der Waals surface area contributed by atoms with E-state index >= 15 is 0 Å². The molecular formula is C43H50Br2N2NiO6. The summed E-state index contributed by atoms with van der Waals surface area (Å²) in [7, 11) is 8.00. The van der Waals surface area contributed by atoms with Crippen molar-refractivity contribution < 1.29 is 39.3 Å². The summed E-state index contributed by atoms with van der Waals surface area (Å²) in [6, 6.07) is 31.5. The standard InChI is InChI=1S/C43H50N2O6.2BrH.Ni/c1-28(2)25-38-42(30-17-9-13-21-34(30)46-5,31-18-10-14-22-35(31)47-6)50-40(44-38)27-41-45-39(26-29(3)4)43(51-41,32-19-11-15-23-36(32)48-7)33-20-12-16-24-37(33)49-8;;;/h9-24,28-29,38-39H,25-27H2,1-8H3;2*1H;/q;;;+2/p-2/t38-,39-;;;/m1.../s1. The summed E-state index contributed by atoms with van der Waals surface area (Å²) in [5.41, 5.74) is 1.46. The topological polar surface area (TPSA) is 80.1 Å². The third kappa shape index (κ3) is 8.34. The van der Waals surface area contributed by atoms with E-state index in [4.69, 9.17) is 38.4 Å². The first kappa shape index (κ1) is 41.6. The van der Waals surface area contributed by atoms with Gasteiger partial charge >= 0.3 is 39.3 Å². The first-order chi connectivity index (χ1) is 26.1. The zero-order valence-corrected chi connectivity index (χ0v) is 36.2. The van der Waals surface area contributed by atoms with E-state index in [1.54, 1.807) is 28.4 Å². The SMILES string of the molecule is COc1ccccc1C1(c2ccccc2OC)OC(CC2=N[C@H](CC(C)C)C(c3ccccc3OC)(c3ccccc3OC)O2)=N[C@@H]1CC(C)C.[Br][Ni][Br]. The molecule has 0 saturated heterocycles. The molecule has 4 aromatic carbocycles. The van der Waals surface area contributed by atoms with E-state index in [0.29, 0.717) is 46.6 Å². The molecule has 0 saturated carbocycles. The Morgan fingerprint density at radius 1 is 0.537 bits per heavy atom. The molecule has 0 amide bonds. The van der Waals surface area contributed by atoms with E-state index in [-0.39, 0.29) is 18.5 Å². The Hall–Kier alpha value is -3.53. The first-order valence-electron chi connectivity index (χ1n) is 18.0. The van der Waals surface area contributed by atoms with Gasteiger partial charge in [0.05, 0.1) is 34.9 Å². The summed E-state index contributed by atoms with van der Waals surface area (Å²) in [6.45, 7) is 8.83. The van der Waals surface area contributed by atoms with E-state index in [1.807, 2.05) is 72.8 Å². The number of nitrogens with zero attached hydrogens (tertiary/aromatic N) is 2. The Kier molecular flexibility index (Phi) is 14.6. The van der Waals surface area contributed by atoms with E-state index in [0.717, 1.165) is 35.1 Å². The summed E-state index contributed by atoms with van der Waals surface area (Å²) in [5, 5.41) is 0. The van der Waals surface area contributed by atoms with Gasteiger partial charge < -0.3 is 28.4 Å². The quantitative estimate of drug-likeness (QED) is 0.117. The van der Waals surface area contributed by atoms with Crippen LogP contribution in [-0.2, 0) is 31.6 Å². The first-order valence-corrected chi connectivity index (χ1v) is 22.9. The van der Waals surface area contributed by atoms with Crippen LogP contribution in [0.1, 0.15) is 69.2 Å². The molecule has 2 atom stereocenters. The minimum atomic E-state index is -1.03. The summed E-state index contributed by atoms with van der Waals surface area (Å²) >= 11 is 6.00. The number of ether oxygens (including phenoxy) is 6. The van der Waals surface area contributed by atoms with Gasteiger partial charge in [-0.3, -0.25) is 0 Å². The second-order valence-corrected chi connectivity index (χ2v) is 19.0. The van der Waals surface area contributed by atoms with E-state index in [2.05, 4.69) is 80.4 Å². The molecule has 0 aromatic heterocycles. The second-order valence-electron chi connectivity index (χ2n) is 14.0. The number of hydrogen-bond donors (Lipinski definition) is 0. The average Bonchev–Trinajstić information content (AvgIpc) is 3.72. The molecule has 0 spiro atoms. The summed E-state index contributed by atoms with van der Waals surface area (Å²) in [4.78, 5) is 10.7. The Morgan fingerprint density at radius 2 is 0.796 bits per heavy atom.